The zero-order valence-corrected chi connectivity index (χ0v) is 66.6. The van der Waals surface area contributed by atoms with Crippen molar-refractivity contribution in [2.24, 2.45) is 0 Å². The van der Waals surface area contributed by atoms with Crippen LogP contribution in [0.4, 0.5) is 40.7 Å². The summed E-state index contributed by atoms with van der Waals surface area (Å²) in [6, 6.07) is 34.6. The lowest BCUT2D eigenvalue weighted by molar-refractivity contribution is -0.385. The second-order valence-corrected chi connectivity index (χ2v) is 26.4. The van der Waals surface area contributed by atoms with E-state index in [1.807, 2.05) is 0 Å². The number of hydrogen-bond donors (Lipinski definition) is 13. The average Bonchev–Trinajstić information content (AvgIpc) is 1.65. The number of phenols is 8. The van der Waals surface area contributed by atoms with E-state index in [0.29, 0.717) is 13.1 Å². The minimum absolute atomic E-state index is 0.000329. The van der Waals surface area contributed by atoms with Crippen LogP contribution in [0.5, 0.6) is 92.0 Å². The molecule has 12 rings (SSSR count). The quantitative estimate of drug-likeness (QED) is 0.00984. The first-order valence-electron chi connectivity index (χ1n) is 36.1. The number of rotatable bonds is 27. The van der Waals surface area contributed by atoms with Gasteiger partial charge in [-0.2, -0.15) is 13.2 Å². The number of aromatic nitrogens is 4. The number of benzene rings is 8. The van der Waals surface area contributed by atoms with Crippen molar-refractivity contribution in [3.05, 3.63) is 233 Å². The van der Waals surface area contributed by atoms with Gasteiger partial charge in [-0.25, -0.2) is 19.2 Å². The number of carboxylic acids is 2. The van der Waals surface area contributed by atoms with Gasteiger partial charge in [-0.1, -0.05) is 20.6 Å². The van der Waals surface area contributed by atoms with E-state index >= 15 is 0 Å². The van der Waals surface area contributed by atoms with Crippen LogP contribution in [0, 0.1) is 40.5 Å². The Hall–Kier alpha value is -17.8. The molecule has 0 aliphatic heterocycles. The molecule has 8 aromatic carbocycles. The van der Waals surface area contributed by atoms with Crippen LogP contribution in [-0.4, -0.2) is 191 Å². The van der Waals surface area contributed by atoms with Crippen LogP contribution in [0.1, 0.15) is 69.6 Å². The van der Waals surface area contributed by atoms with E-state index in [4.69, 9.17) is 61.5 Å². The number of esters is 1. The summed E-state index contributed by atoms with van der Waals surface area (Å²) in [6.45, 7) is 8.28. The fraction of sp³-hybridized carbons (Fsp3) is 0.165. The van der Waals surface area contributed by atoms with Crippen LogP contribution in [-0.2, 0) is 14.3 Å². The fourth-order valence-electron chi connectivity index (χ4n) is 10.1. The van der Waals surface area contributed by atoms with Crippen molar-refractivity contribution in [3.8, 4) is 137 Å². The number of carbonyl (C=O) groups is 6. The molecule has 128 heavy (non-hydrogen) atoms. The van der Waals surface area contributed by atoms with Crippen LogP contribution >= 0.6 is 0 Å². The van der Waals surface area contributed by atoms with Crippen LogP contribution in [0.25, 0.3) is 45.3 Å². The number of nitrogens with zero attached hydrogens (tertiary/aromatic N) is 9. The number of nitro groups is 4. The number of carbonyl (C=O) groups excluding carboxylic acids is 4. The SMILES string of the molecule is CCOC(=O)c1cc(-c2c(O)cc(O)cc2Oc2ccc([N+](=O)[O-])cc2)on1.CN(CCNC(=O)c1cc(-c2c(O)cc(O)cc2Oc2ccc([N+](=O)[O-])cc2)on1)C(=O)OC(C)(C)C.CNCCNC(=O)c1cc(-c2c(O)cc(O)cc2Oc2ccc([N+](=O)[O-])cc2)on1.O=C(O)C(F)(F)F.O=C(O)c1cc(-c2c(O)cc(O)cc2Oc2ccc([N+](=O)[O-])cc2)on1. The van der Waals surface area contributed by atoms with Crippen molar-refractivity contribution in [3.63, 3.8) is 0 Å². The molecular weight excluding hydrogens is 1720 g/mol. The molecule has 0 radical (unpaired) electrons. The molecule has 3 amide bonds. The lowest BCUT2D eigenvalue weighted by atomic mass is 10.1. The van der Waals surface area contributed by atoms with Gasteiger partial charge in [0.15, 0.2) is 45.8 Å². The van der Waals surface area contributed by atoms with E-state index in [1.54, 1.807) is 34.7 Å². The minimum atomic E-state index is -5.08. The van der Waals surface area contributed by atoms with Crippen molar-refractivity contribution in [2.45, 2.75) is 39.5 Å². The number of phenolic OH excluding ortho intramolecular Hbond substituents is 8. The predicted molar refractivity (Wildman–Crippen MR) is 428 cm³/mol. The summed E-state index contributed by atoms with van der Waals surface area (Å²) >= 11 is 0. The highest BCUT2D eigenvalue weighted by molar-refractivity contribution is 5.95. The highest BCUT2D eigenvalue weighted by Gasteiger charge is 2.38. The summed E-state index contributed by atoms with van der Waals surface area (Å²) in [6.07, 6.45) is -5.62. The third-order valence-corrected chi connectivity index (χ3v) is 15.9. The van der Waals surface area contributed by atoms with E-state index in [2.05, 4.69) is 36.6 Å². The van der Waals surface area contributed by atoms with Crippen LogP contribution in [0.2, 0.25) is 0 Å². The van der Waals surface area contributed by atoms with Gasteiger partial charge in [-0.15, -0.1) is 0 Å². The number of alkyl halides is 3. The zero-order chi connectivity index (χ0) is 94.2. The maximum Gasteiger partial charge on any atom is 0.490 e. The molecule has 670 valence electrons. The molecule has 0 fully saturated rings. The summed E-state index contributed by atoms with van der Waals surface area (Å²) in [7, 11) is 3.29. The van der Waals surface area contributed by atoms with Crippen molar-refractivity contribution < 1.29 is 159 Å². The molecule has 0 atom stereocenters. The van der Waals surface area contributed by atoms with Gasteiger partial charge in [-0.3, -0.25) is 50.0 Å². The predicted octanol–water partition coefficient (Wildman–Crippen LogP) is 13.9. The number of aromatic hydroxyl groups is 8. The third kappa shape index (κ3) is 26.8. The summed E-state index contributed by atoms with van der Waals surface area (Å²) in [5, 5.41) is 162. The standard InChI is InChI=1S/C24H26N4O9.C19H18N4O7.C18H14N2O8.C16H10N2O8.C2HF3O2/c1-24(2,3)36-23(32)27(4)10-9-25-22(31)17-13-20(37-26-17)21-18(30)11-15(29)12-19(21)35-16-7-5-14(6-8-16)28(33)34;1-20-6-7-21-19(26)14-10-17(30-22-14)18-15(25)8-12(24)9-16(18)29-13-4-2-11(3-5-13)23(27)28;1-2-26-18(23)13-9-16(28-19-13)17-14(22)7-11(21)8-15(17)27-12-5-3-10(4-6-12)20(24)25;19-9-5-12(20)15(14-7-11(16(21)22)17-26-14)13(6-9)25-10-3-1-8(2-4-10)18(23)24;3-2(4,5)1(6)7/h5-8,11-13,29-30H,9-10H2,1-4H3,(H,25,31);2-5,8-10,20,24-25H,6-7H2,1H3,(H,21,26);3-9,21-22H,2H2,1H3;1-7,19-20H,(H,21,22);(H,6,7). The topological polar surface area (TPSA) is 676 Å². The number of likely N-dealkylation sites (N-methyl/N-ethyl adjacent to an activating group) is 2. The van der Waals surface area contributed by atoms with E-state index in [0.717, 1.165) is 30.3 Å². The molecule has 46 nitrogen and oxygen atoms in total. The number of carboxylic acid groups (broad SMARTS) is 2. The number of nitro benzene ring substituents is 4. The number of non-ortho nitro benzene ring substituents is 4. The number of amides is 3. The van der Waals surface area contributed by atoms with E-state index < -0.39 is 78.8 Å². The number of halogens is 3. The average molecular weight is 1790 g/mol. The lowest BCUT2D eigenvalue weighted by Crippen LogP contribution is -2.39. The van der Waals surface area contributed by atoms with E-state index in [-0.39, 0.29) is 191 Å². The van der Waals surface area contributed by atoms with Crippen LogP contribution in [0.3, 0.4) is 0 Å². The highest BCUT2D eigenvalue weighted by Crippen LogP contribution is 2.48. The summed E-state index contributed by atoms with van der Waals surface area (Å²) < 4.78 is 84.8. The van der Waals surface area contributed by atoms with Crippen LogP contribution in [0.15, 0.2) is 188 Å². The highest BCUT2D eigenvalue weighted by atomic mass is 19.4. The van der Waals surface area contributed by atoms with Gasteiger partial charge in [0, 0.05) is 155 Å². The molecule has 12 aromatic rings. The molecule has 0 bridgehead atoms. The van der Waals surface area contributed by atoms with E-state index in [1.165, 1.54) is 151 Å². The van der Waals surface area contributed by atoms with Gasteiger partial charge in [0.1, 0.15) is 120 Å². The maximum absolute atomic E-state index is 12.5. The third-order valence-electron chi connectivity index (χ3n) is 15.9. The van der Waals surface area contributed by atoms with Crippen LogP contribution < -0.4 is 34.9 Å². The Bertz CT molecular complexity index is 6030. The molecular formula is C79H69F3N12O34. The Morgan fingerprint density at radius 2 is 0.703 bits per heavy atom. The maximum atomic E-state index is 12.5. The summed E-state index contributed by atoms with van der Waals surface area (Å²) in [5.41, 5.74) is -1.75. The zero-order valence-electron chi connectivity index (χ0n) is 66.6. The number of hydrogen-bond acceptors (Lipinski definition) is 37. The monoisotopic (exact) mass is 1790 g/mol. The molecule has 4 aromatic heterocycles. The largest absolute Gasteiger partial charge is 0.508 e. The molecule has 0 saturated heterocycles. The Kier molecular flexibility index (Phi) is 31.8. The second kappa shape index (κ2) is 42.6. The molecule has 0 aliphatic carbocycles. The number of nitrogens with one attached hydrogen (secondary N) is 3. The van der Waals surface area contributed by atoms with Crippen molar-refractivity contribution in [1.29, 1.82) is 0 Å². The van der Waals surface area contributed by atoms with Gasteiger partial charge >= 0.3 is 30.2 Å². The molecule has 0 spiro atoms. The van der Waals surface area contributed by atoms with Gasteiger partial charge < -0.3 is 118 Å². The Balaban J connectivity index is 0.000000207. The first kappa shape index (κ1) is 95.6. The molecule has 0 unspecified atom stereocenters. The Labute approximate surface area is 713 Å². The first-order valence-corrected chi connectivity index (χ1v) is 36.1. The molecule has 49 heteroatoms. The van der Waals surface area contributed by atoms with Gasteiger partial charge in [0.05, 0.1) is 26.3 Å². The summed E-state index contributed by atoms with van der Waals surface area (Å²) in [5.74, 6) is -8.09. The Morgan fingerprint density at radius 3 is 0.961 bits per heavy atom. The number of ether oxygens (including phenoxy) is 6. The number of aliphatic carboxylic acids is 1. The van der Waals surface area contributed by atoms with Crippen molar-refractivity contribution >= 4 is 58.6 Å². The fourth-order valence-corrected chi connectivity index (χ4v) is 10.1. The molecule has 13 N–H and O–H groups in total. The Morgan fingerprint density at radius 1 is 0.430 bits per heavy atom. The van der Waals surface area contributed by atoms with Gasteiger partial charge in [0.2, 0.25) is 0 Å². The van der Waals surface area contributed by atoms with Gasteiger partial charge in [-0.05, 0) is 83.3 Å². The first-order chi connectivity index (χ1) is 60.4. The minimum Gasteiger partial charge on any atom is -0.508 e. The normalized spacial score (nSPS) is 10.7. The van der Waals surface area contributed by atoms with Gasteiger partial charge in [0.25, 0.3) is 34.6 Å². The molecule has 0 saturated carbocycles. The smallest absolute Gasteiger partial charge is 0.490 e. The second-order valence-electron chi connectivity index (χ2n) is 26.4. The summed E-state index contributed by atoms with van der Waals surface area (Å²) in [4.78, 5) is 110. The molecule has 0 aliphatic rings. The van der Waals surface area contributed by atoms with E-state index in [9.17, 15) is 118 Å². The number of aromatic carboxylic acids is 1. The molecule has 4 heterocycles. The van der Waals surface area contributed by atoms with Crippen molar-refractivity contribution in [2.75, 3.05) is 46.9 Å². The lowest BCUT2D eigenvalue weighted by Gasteiger charge is -2.24. The van der Waals surface area contributed by atoms with Crippen molar-refractivity contribution in [1.82, 2.24) is 41.5 Å².